The van der Waals surface area contributed by atoms with Crippen LogP contribution >= 0.6 is 0 Å². The molecular formula is C29H32FN3O8. The first kappa shape index (κ1) is 28.4. The van der Waals surface area contributed by atoms with Gasteiger partial charge in [-0.3, -0.25) is 14.4 Å². The van der Waals surface area contributed by atoms with E-state index in [0.717, 1.165) is 0 Å². The Bertz CT molecular complexity index is 1500. The van der Waals surface area contributed by atoms with Crippen LogP contribution in [-0.4, -0.2) is 80.9 Å². The van der Waals surface area contributed by atoms with Gasteiger partial charge in [-0.1, -0.05) is 6.07 Å². The van der Waals surface area contributed by atoms with Crippen molar-refractivity contribution in [3.8, 4) is 11.5 Å². The highest BCUT2D eigenvalue weighted by Crippen LogP contribution is 2.39. The highest BCUT2D eigenvalue weighted by atomic mass is 19.1. The summed E-state index contributed by atoms with van der Waals surface area (Å²) in [6.45, 7) is 4.11. The first-order valence-electron chi connectivity index (χ1n) is 13.1. The molecule has 2 aliphatic rings. The van der Waals surface area contributed by atoms with Crippen molar-refractivity contribution < 1.29 is 42.1 Å². The lowest BCUT2D eigenvalue weighted by molar-refractivity contribution is -0.133. The van der Waals surface area contributed by atoms with Crippen molar-refractivity contribution in [2.45, 2.75) is 31.5 Å². The van der Waals surface area contributed by atoms with Gasteiger partial charge in [0, 0.05) is 31.3 Å². The number of nitrogens with zero attached hydrogens (tertiary/aromatic N) is 1. The van der Waals surface area contributed by atoms with Gasteiger partial charge in [-0.05, 0) is 44.2 Å². The summed E-state index contributed by atoms with van der Waals surface area (Å²) in [6.07, 6.45) is 0. The van der Waals surface area contributed by atoms with Crippen LogP contribution in [0.5, 0.6) is 11.5 Å². The molecule has 5 rings (SSSR count). The van der Waals surface area contributed by atoms with Crippen molar-refractivity contribution in [1.29, 1.82) is 0 Å². The lowest BCUT2D eigenvalue weighted by atomic mass is 9.99. The minimum absolute atomic E-state index is 0.0520. The number of benzene rings is 2. The van der Waals surface area contributed by atoms with Crippen molar-refractivity contribution in [3.05, 3.63) is 59.1 Å². The van der Waals surface area contributed by atoms with Gasteiger partial charge in [0.15, 0.2) is 11.3 Å². The van der Waals surface area contributed by atoms with Gasteiger partial charge in [0.05, 0.1) is 37.9 Å². The van der Waals surface area contributed by atoms with E-state index in [9.17, 15) is 18.8 Å². The van der Waals surface area contributed by atoms with Crippen LogP contribution in [0.3, 0.4) is 0 Å². The fourth-order valence-electron chi connectivity index (χ4n) is 4.94. The first-order valence-corrected chi connectivity index (χ1v) is 13.1. The second-order valence-electron chi connectivity index (χ2n) is 10.6. The van der Waals surface area contributed by atoms with Gasteiger partial charge in [-0.15, -0.1) is 0 Å². The van der Waals surface area contributed by atoms with Crippen LogP contribution in [0.25, 0.3) is 11.0 Å². The van der Waals surface area contributed by atoms with Crippen LogP contribution in [0.15, 0.2) is 40.8 Å². The molecule has 218 valence electrons. The Morgan fingerprint density at radius 3 is 2.59 bits per heavy atom. The second kappa shape index (κ2) is 11.0. The number of furan rings is 1. The molecule has 3 amide bonds. The van der Waals surface area contributed by atoms with Gasteiger partial charge < -0.3 is 38.9 Å². The molecule has 11 nitrogen and oxygen atoms in total. The normalized spacial score (nSPS) is 19.5. The molecule has 0 spiro atoms. The molecule has 41 heavy (non-hydrogen) atoms. The molecule has 1 saturated heterocycles. The Morgan fingerprint density at radius 1 is 1.12 bits per heavy atom. The van der Waals surface area contributed by atoms with E-state index >= 15 is 0 Å². The number of ether oxygens (including phenoxy) is 4. The van der Waals surface area contributed by atoms with E-state index < -0.39 is 28.7 Å². The number of rotatable bonds is 9. The van der Waals surface area contributed by atoms with Crippen LogP contribution < -0.4 is 20.1 Å². The molecule has 0 bridgehead atoms. The Hall–Kier alpha value is -4.16. The van der Waals surface area contributed by atoms with Gasteiger partial charge in [-0.25, -0.2) is 4.39 Å². The summed E-state index contributed by atoms with van der Waals surface area (Å²) in [4.78, 5) is 41.6. The zero-order chi connectivity index (χ0) is 29.4. The molecule has 1 atom stereocenters. The molecule has 1 fully saturated rings. The molecule has 2 aromatic carbocycles. The Labute approximate surface area is 235 Å². The van der Waals surface area contributed by atoms with Gasteiger partial charge in [0.1, 0.15) is 23.8 Å². The Balaban J connectivity index is 1.42. The molecule has 2 aliphatic heterocycles. The highest BCUT2D eigenvalue weighted by Gasteiger charge is 2.48. The van der Waals surface area contributed by atoms with E-state index in [2.05, 4.69) is 10.6 Å². The summed E-state index contributed by atoms with van der Waals surface area (Å²) in [7, 11) is 2.89. The van der Waals surface area contributed by atoms with Crippen LogP contribution in [-0.2, 0) is 20.8 Å². The molecule has 1 aromatic heterocycles. The van der Waals surface area contributed by atoms with Crippen molar-refractivity contribution in [2.24, 2.45) is 0 Å². The molecular weight excluding hydrogens is 537 g/mol. The van der Waals surface area contributed by atoms with Crippen molar-refractivity contribution in [2.75, 3.05) is 47.2 Å². The van der Waals surface area contributed by atoms with Crippen LogP contribution in [0, 0.1) is 5.82 Å². The maximum Gasteiger partial charge on any atom is 0.294 e. The topological polar surface area (TPSA) is 129 Å². The van der Waals surface area contributed by atoms with Crippen molar-refractivity contribution >= 4 is 28.7 Å². The Morgan fingerprint density at radius 2 is 1.90 bits per heavy atom. The third-order valence-electron chi connectivity index (χ3n) is 7.43. The summed E-state index contributed by atoms with van der Waals surface area (Å²) in [5.41, 5.74) is -1.12. The van der Waals surface area contributed by atoms with Crippen molar-refractivity contribution in [1.82, 2.24) is 15.5 Å². The number of amides is 3. The molecule has 0 radical (unpaired) electrons. The smallest absolute Gasteiger partial charge is 0.294 e. The maximum atomic E-state index is 14.5. The van der Waals surface area contributed by atoms with E-state index in [-0.39, 0.29) is 60.6 Å². The predicted octanol–water partition coefficient (Wildman–Crippen LogP) is 2.66. The quantitative estimate of drug-likeness (QED) is 0.403. The summed E-state index contributed by atoms with van der Waals surface area (Å²) in [6, 6.07) is 9.18. The fourth-order valence-corrected chi connectivity index (χ4v) is 4.94. The number of carbonyl (C=O) groups excluding carboxylic acids is 3. The molecule has 0 aliphatic carbocycles. The van der Waals surface area contributed by atoms with Crippen LogP contribution in [0.2, 0.25) is 0 Å². The third kappa shape index (κ3) is 5.20. The molecule has 12 heteroatoms. The van der Waals surface area contributed by atoms with Gasteiger partial charge >= 0.3 is 0 Å². The molecule has 3 aromatic rings. The van der Waals surface area contributed by atoms with Gasteiger partial charge in [-0.2, -0.15) is 0 Å². The standard InChI is InChI=1S/C29H32FN3O8/c1-28(14-39-15-28)32-25(34)17-8-9-18-22(12-17)41-24-23(18)40-16-29(2,33(26(24)35)10-11-37-3)27(36)31-13-19-20(30)6-5-7-21(19)38-4/h5-9,12H,10-11,13-16H2,1-4H3,(H,31,36)(H,32,34). The number of hydrogen-bond donors (Lipinski definition) is 2. The number of methoxy groups -OCH3 is 2. The van der Waals surface area contributed by atoms with E-state index in [1.165, 1.54) is 31.3 Å². The number of nitrogens with one attached hydrogen (secondary N) is 2. The fraction of sp³-hybridized carbons (Fsp3) is 0.414. The number of halogens is 1. The largest absolute Gasteiger partial charge is 0.496 e. The van der Waals surface area contributed by atoms with Gasteiger partial charge in [0.2, 0.25) is 11.7 Å². The summed E-state index contributed by atoms with van der Waals surface area (Å²) in [5, 5.41) is 6.15. The number of fused-ring (bicyclic) bond motifs is 3. The minimum Gasteiger partial charge on any atom is -0.496 e. The minimum atomic E-state index is -1.50. The SMILES string of the molecule is COCCN1C(=O)c2oc3cc(C(=O)NC4(C)COC4)ccc3c2OCC1(C)C(=O)NCc1c(F)cccc1OC. The summed E-state index contributed by atoms with van der Waals surface area (Å²) < 4.78 is 42.1. The summed E-state index contributed by atoms with van der Waals surface area (Å²) >= 11 is 0. The average Bonchev–Trinajstić information content (AvgIpc) is 3.27. The van der Waals surface area contributed by atoms with E-state index in [4.69, 9.17) is 23.4 Å². The molecule has 1 unspecified atom stereocenters. The van der Waals surface area contributed by atoms with Gasteiger partial charge in [0.25, 0.3) is 11.8 Å². The number of hydrogen-bond acceptors (Lipinski definition) is 8. The molecule has 0 saturated carbocycles. The first-order chi connectivity index (χ1) is 19.6. The zero-order valence-electron chi connectivity index (χ0n) is 23.3. The predicted molar refractivity (Wildman–Crippen MR) is 145 cm³/mol. The Kier molecular flexibility index (Phi) is 7.62. The van der Waals surface area contributed by atoms with Crippen LogP contribution in [0.4, 0.5) is 4.39 Å². The van der Waals surface area contributed by atoms with E-state index in [0.29, 0.717) is 24.2 Å². The monoisotopic (exact) mass is 569 g/mol. The third-order valence-corrected chi connectivity index (χ3v) is 7.43. The van der Waals surface area contributed by atoms with Crippen molar-refractivity contribution in [3.63, 3.8) is 0 Å². The number of carbonyl (C=O) groups is 3. The van der Waals surface area contributed by atoms with E-state index in [1.807, 2.05) is 6.92 Å². The second-order valence-corrected chi connectivity index (χ2v) is 10.6. The highest BCUT2D eigenvalue weighted by molar-refractivity contribution is 6.06. The zero-order valence-corrected chi connectivity index (χ0v) is 23.3. The average molecular weight is 570 g/mol. The van der Waals surface area contributed by atoms with E-state index in [1.54, 1.807) is 31.2 Å². The molecule has 2 N–H and O–H groups in total. The lowest BCUT2D eigenvalue weighted by Gasteiger charge is -2.38. The molecule has 3 heterocycles. The van der Waals surface area contributed by atoms with Crippen LogP contribution in [0.1, 0.15) is 40.3 Å². The summed E-state index contributed by atoms with van der Waals surface area (Å²) in [5.74, 6) is -1.62. The lowest BCUT2D eigenvalue weighted by Crippen LogP contribution is -2.61. The maximum absolute atomic E-state index is 14.5.